The van der Waals surface area contributed by atoms with Crippen molar-refractivity contribution in [2.45, 2.75) is 105 Å². The second kappa shape index (κ2) is 13.8. The summed E-state index contributed by atoms with van der Waals surface area (Å²) in [6, 6.07) is 1.75. The predicted molar refractivity (Wildman–Crippen MR) is 119 cm³/mol. The van der Waals surface area contributed by atoms with Gasteiger partial charge in [0, 0.05) is 6.92 Å². The molecule has 1 fully saturated rings. The molecule has 2 aliphatic rings. The van der Waals surface area contributed by atoms with Crippen LogP contribution in [0.25, 0.3) is 0 Å². The van der Waals surface area contributed by atoms with E-state index in [2.05, 4.69) is 40.3 Å². The van der Waals surface area contributed by atoms with Gasteiger partial charge in [-0.15, -0.1) is 0 Å². The molecule has 1 saturated carbocycles. The van der Waals surface area contributed by atoms with E-state index in [1.165, 1.54) is 55.7 Å². The number of nitriles is 1. The van der Waals surface area contributed by atoms with Crippen LogP contribution in [0.5, 0.6) is 0 Å². The second-order valence-electron chi connectivity index (χ2n) is 7.92. The molecule has 0 aromatic rings. The maximum atomic E-state index is 7.32. The van der Waals surface area contributed by atoms with Crippen molar-refractivity contribution in [1.82, 2.24) is 0 Å². The smallest absolute Gasteiger partial charge is 0.0726 e. The Morgan fingerprint density at radius 3 is 2.30 bits per heavy atom. The first-order valence-electron chi connectivity index (χ1n) is 10.8. The van der Waals surface area contributed by atoms with Gasteiger partial charge >= 0.3 is 0 Å². The minimum absolute atomic E-state index is 0.0150. The second-order valence-corrected chi connectivity index (χ2v) is 7.92. The van der Waals surface area contributed by atoms with Gasteiger partial charge in [0.05, 0.1) is 18.3 Å². The highest BCUT2D eigenvalue weighted by molar-refractivity contribution is 5.39. The monoisotopic (exact) mass is 373 g/mol. The van der Waals surface area contributed by atoms with E-state index in [0.29, 0.717) is 5.92 Å². The van der Waals surface area contributed by atoms with E-state index in [1.807, 2.05) is 13.8 Å². The number of ether oxygens (including phenoxy) is 1. The van der Waals surface area contributed by atoms with Crippen LogP contribution >= 0.6 is 0 Å². The lowest BCUT2D eigenvalue weighted by Crippen LogP contribution is -2.34. The average Bonchev–Trinajstić information content (AvgIpc) is 2.69. The summed E-state index contributed by atoms with van der Waals surface area (Å²) in [6.07, 6.45) is 12.4. The molecule has 2 rings (SSSR count). The summed E-state index contributed by atoms with van der Waals surface area (Å²) in [5, 5.41) is 7.32. The van der Waals surface area contributed by atoms with Gasteiger partial charge in [-0.25, -0.2) is 0 Å². The third-order valence-corrected chi connectivity index (χ3v) is 5.57. The Kier molecular flexibility index (Phi) is 13.1. The fraction of sp³-hybridized carbons (Fsp3) is 0.720. The lowest BCUT2D eigenvalue weighted by molar-refractivity contribution is -0.0321. The zero-order chi connectivity index (χ0) is 20.9. The number of rotatable bonds is 5. The zero-order valence-electron chi connectivity index (χ0n) is 19.1. The van der Waals surface area contributed by atoms with Crippen LogP contribution in [-0.2, 0) is 4.74 Å². The largest absolute Gasteiger partial charge is 0.370 e. The molecule has 1 atom stereocenters. The Morgan fingerprint density at radius 1 is 1.26 bits per heavy atom. The van der Waals surface area contributed by atoms with Crippen molar-refractivity contribution < 1.29 is 4.74 Å². The highest BCUT2D eigenvalue weighted by Crippen LogP contribution is 2.40. The Hall–Kier alpha value is -1.33. The van der Waals surface area contributed by atoms with E-state index < -0.39 is 0 Å². The summed E-state index contributed by atoms with van der Waals surface area (Å²) in [6.45, 7) is 19.6. The molecule has 0 aromatic carbocycles. The van der Waals surface area contributed by atoms with Crippen LogP contribution in [0.2, 0.25) is 0 Å². The van der Waals surface area contributed by atoms with E-state index in [0.717, 1.165) is 25.9 Å². The van der Waals surface area contributed by atoms with Crippen LogP contribution in [-0.4, -0.2) is 12.2 Å². The van der Waals surface area contributed by atoms with Gasteiger partial charge in [0.2, 0.25) is 0 Å². The van der Waals surface area contributed by atoms with Gasteiger partial charge in [-0.1, -0.05) is 63.8 Å². The Labute approximate surface area is 169 Å². The van der Waals surface area contributed by atoms with E-state index >= 15 is 0 Å². The van der Waals surface area contributed by atoms with Crippen molar-refractivity contribution in [3.63, 3.8) is 0 Å². The summed E-state index contributed by atoms with van der Waals surface area (Å²) in [7, 11) is 0. The van der Waals surface area contributed by atoms with Gasteiger partial charge in [-0.3, -0.25) is 0 Å². The third kappa shape index (κ3) is 8.93. The van der Waals surface area contributed by atoms with Gasteiger partial charge in [-0.2, -0.15) is 5.26 Å². The molecule has 1 aliphatic heterocycles. The van der Waals surface area contributed by atoms with Crippen LogP contribution in [0.1, 0.15) is 99.8 Å². The summed E-state index contributed by atoms with van der Waals surface area (Å²) >= 11 is 0. The molecule has 2 nitrogen and oxygen atoms in total. The summed E-state index contributed by atoms with van der Waals surface area (Å²) < 4.78 is 6.24. The van der Waals surface area contributed by atoms with Crippen LogP contribution in [0.3, 0.4) is 0 Å². The Bertz CT molecular complexity index is 539. The molecular formula is C25H43NO. The molecule has 0 amide bonds. The molecule has 0 saturated heterocycles. The zero-order valence-corrected chi connectivity index (χ0v) is 19.1. The van der Waals surface area contributed by atoms with Gasteiger partial charge < -0.3 is 4.74 Å². The fourth-order valence-corrected chi connectivity index (χ4v) is 3.72. The molecule has 2 heteroatoms. The van der Waals surface area contributed by atoms with Crippen molar-refractivity contribution >= 4 is 0 Å². The summed E-state index contributed by atoms with van der Waals surface area (Å²) in [5.74, 6) is 0.694. The molecule has 154 valence electrons. The Morgan fingerprint density at radius 2 is 1.81 bits per heavy atom. The van der Waals surface area contributed by atoms with Gasteiger partial charge in [0.1, 0.15) is 0 Å². The maximum absolute atomic E-state index is 7.32. The lowest BCUT2D eigenvalue weighted by atomic mass is 9.77. The molecule has 1 heterocycles. The number of hydrogen-bond donors (Lipinski definition) is 0. The number of hydrogen-bond acceptors (Lipinski definition) is 2. The van der Waals surface area contributed by atoms with Gasteiger partial charge in [0.25, 0.3) is 0 Å². The fourth-order valence-electron chi connectivity index (χ4n) is 3.72. The first-order chi connectivity index (χ1) is 12.9. The van der Waals surface area contributed by atoms with Gasteiger partial charge in [0.15, 0.2) is 0 Å². The molecule has 1 unspecified atom stereocenters. The van der Waals surface area contributed by atoms with Crippen molar-refractivity contribution in [2.24, 2.45) is 5.92 Å². The molecule has 27 heavy (non-hydrogen) atoms. The molecule has 0 spiro atoms. The van der Waals surface area contributed by atoms with Crippen molar-refractivity contribution in [3.05, 3.63) is 34.9 Å². The number of allylic oxidation sites excluding steroid dienone is 2. The lowest BCUT2D eigenvalue weighted by Gasteiger charge is -2.38. The topological polar surface area (TPSA) is 33.0 Å². The van der Waals surface area contributed by atoms with Crippen LogP contribution < -0.4 is 0 Å². The van der Waals surface area contributed by atoms with Gasteiger partial charge in [-0.05, 0) is 69.9 Å². The standard InChI is InChI=1S/C21H34O.C2H3N.C2H6/c1-6-21(5)14-19(13-12-16(2)3)20(15-22-21)17(4)18-10-8-7-9-11-18;1-2-3;1-2/h12,18H,4,6-11,13-15H2,1-3,5H3;1H3;1-2H3. The maximum Gasteiger partial charge on any atom is 0.0726 e. The molecule has 0 aromatic heterocycles. The average molecular weight is 374 g/mol. The minimum atomic E-state index is 0.0150. The SMILES string of the molecule is C=C(C1=C(CC=C(C)C)CC(C)(CC)OC1)C1CCCCC1.CC.CC#N. The van der Waals surface area contributed by atoms with E-state index in [4.69, 9.17) is 10.00 Å². The quantitative estimate of drug-likeness (QED) is 0.458. The van der Waals surface area contributed by atoms with E-state index in [-0.39, 0.29) is 5.60 Å². The summed E-state index contributed by atoms with van der Waals surface area (Å²) in [5.41, 5.74) is 5.82. The molecule has 1 aliphatic carbocycles. The van der Waals surface area contributed by atoms with Crippen molar-refractivity contribution in [3.8, 4) is 6.07 Å². The van der Waals surface area contributed by atoms with E-state index in [1.54, 1.807) is 11.6 Å². The van der Waals surface area contributed by atoms with E-state index in [9.17, 15) is 0 Å². The number of nitrogens with zero attached hydrogens (tertiary/aromatic N) is 1. The molecule has 0 N–H and O–H groups in total. The Balaban J connectivity index is 0.00000123. The normalized spacial score (nSPS) is 22.4. The highest BCUT2D eigenvalue weighted by Gasteiger charge is 2.32. The predicted octanol–water partition coefficient (Wildman–Crippen LogP) is 7.92. The van der Waals surface area contributed by atoms with Crippen LogP contribution in [0.4, 0.5) is 0 Å². The van der Waals surface area contributed by atoms with Crippen molar-refractivity contribution in [2.75, 3.05) is 6.61 Å². The van der Waals surface area contributed by atoms with Crippen LogP contribution in [0, 0.1) is 17.2 Å². The molecule has 0 radical (unpaired) electrons. The molecule has 0 bridgehead atoms. The molecular weight excluding hydrogens is 330 g/mol. The highest BCUT2D eigenvalue weighted by atomic mass is 16.5. The minimum Gasteiger partial charge on any atom is -0.370 e. The first kappa shape index (κ1) is 25.7. The summed E-state index contributed by atoms with van der Waals surface area (Å²) in [4.78, 5) is 0. The first-order valence-corrected chi connectivity index (χ1v) is 10.8. The third-order valence-electron chi connectivity index (χ3n) is 5.57. The van der Waals surface area contributed by atoms with Crippen molar-refractivity contribution in [1.29, 1.82) is 5.26 Å². The van der Waals surface area contributed by atoms with Crippen LogP contribution in [0.15, 0.2) is 34.9 Å².